The minimum absolute atomic E-state index is 0.207. The number of aliphatic hydroxyl groups is 1. The van der Waals surface area contributed by atoms with E-state index in [1.54, 1.807) is 30.6 Å². The van der Waals surface area contributed by atoms with Crippen LogP contribution in [0, 0.1) is 0 Å². The van der Waals surface area contributed by atoms with E-state index in [0.29, 0.717) is 32.7 Å². The van der Waals surface area contributed by atoms with Gasteiger partial charge in [-0.3, -0.25) is 19.7 Å². The van der Waals surface area contributed by atoms with Crippen LogP contribution < -0.4 is 0 Å². The average Bonchev–Trinajstić information content (AvgIpc) is 2.50. The molecule has 0 bridgehead atoms. The summed E-state index contributed by atoms with van der Waals surface area (Å²) in [6.07, 6.45) is 6.23. The third-order valence-corrected chi connectivity index (χ3v) is 3.85. The third kappa shape index (κ3) is 4.22. The summed E-state index contributed by atoms with van der Waals surface area (Å²) >= 11 is 0. The standard InChI is InChI=1S/C15H24N4O3/c1-18(11-13-10-16-5-6-17-13)12-15(21)4-3-7-19(14(15)20)8-9-22-2/h5-6,10,21H,3-4,7-9,11-12H2,1-2H3/t15-/m1/s1. The molecular weight excluding hydrogens is 284 g/mol. The average molecular weight is 308 g/mol. The van der Waals surface area contributed by atoms with Gasteiger partial charge in [0.1, 0.15) is 0 Å². The van der Waals surface area contributed by atoms with Crippen LogP contribution in [0.4, 0.5) is 0 Å². The molecule has 122 valence electrons. The molecule has 0 saturated carbocycles. The fourth-order valence-corrected chi connectivity index (χ4v) is 2.82. The highest BCUT2D eigenvalue weighted by Crippen LogP contribution is 2.24. The Balaban J connectivity index is 1.95. The van der Waals surface area contributed by atoms with Gasteiger partial charge >= 0.3 is 0 Å². The van der Waals surface area contributed by atoms with Crippen molar-refractivity contribution in [1.82, 2.24) is 19.8 Å². The second kappa shape index (κ2) is 7.62. The summed E-state index contributed by atoms with van der Waals surface area (Å²) in [5.74, 6) is -0.207. The Labute approximate surface area is 130 Å². The van der Waals surface area contributed by atoms with Gasteiger partial charge in [-0.25, -0.2) is 0 Å². The number of hydrogen-bond donors (Lipinski definition) is 1. The second-order valence-corrected chi connectivity index (χ2v) is 5.79. The molecule has 2 heterocycles. The van der Waals surface area contributed by atoms with Crippen molar-refractivity contribution in [2.24, 2.45) is 0 Å². The van der Waals surface area contributed by atoms with E-state index in [0.717, 1.165) is 12.1 Å². The van der Waals surface area contributed by atoms with Gasteiger partial charge in [-0.2, -0.15) is 0 Å². The van der Waals surface area contributed by atoms with Crippen molar-refractivity contribution in [3.8, 4) is 0 Å². The quantitative estimate of drug-likeness (QED) is 0.758. The maximum Gasteiger partial charge on any atom is 0.255 e. The predicted molar refractivity (Wildman–Crippen MR) is 81.0 cm³/mol. The highest BCUT2D eigenvalue weighted by molar-refractivity contribution is 5.86. The molecule has 1 aromatic heterocycles. The minimum atomic E-state index is -1.33. The Hall–Kier alpha value is -1.57. The van der Waals surface area contributed by atoms with Crippen LogP contribution in [0.3, 0.4) is 0 Å². The van der Waals surface area contributed by atoms with Gasteiger partial charge < -0.3 is 14.7 Å². The Bertz CT molecular complexity index is 485. The summed E-state index contributed by atoms with van der Waals surface area (Å²) in [5.41, 5.74) is -0.517. The van der Waals surface area contributed by atoms with Crippen molar-refractivity contribution in [1.29, 1.82) is 0 Å². The van der Waals surface area contributed by atoms with Gasteiger partial charge in [-0.1, -0.05) is 0 Å². The lowest BCUT2D eigenvalue weighted by molar-refractivity contribution is -0.160. The molecule has 0 aromatic carbocycles. The van der Waals surface area contributed by atoms with Crippen LogP contribution in [0.2, 0.25) is 0 Å². The molecule has 1 saturated heterocycles. The van der Waals surface area contributed by atoms with Crippen LogP contribution >= 0.6 is 0 Å². The van der Waals surface area contributed by atoms with Crippen LogP contribution in [-0.2, 0) is 16.1 Å². The van der Waals surface area contributed by atoms with Crippen LogP contribution in [0.25, 0.3) is 0 Å². The second-order valence-electron chi connectivity index (χ2n) is 5.79. The zero-order valence-electron chi connectivity index (χ0n) is 13.2. The van der Waals surface area contributed by atoms with Gasteiger partial charge in [0.05, 0.1) is 12.3 Å². The van der Waals surface area contributed by atoms with Crippen molar-refractivity contribution in [3.05, 3.63) is 24.3 Å². The Morgan fingerprint density at radius 1 is 1.50 bits per heavy atom. The molecule has 0 radical (unpaired) electrons. The number of rotatable bonds is 7. The first-order valence-electron chi connectivity index (χ1n) is 7.49. The Kier molecular flexibility index (Phi) is 5.82. The number of nitrogens with zero attached hydrogens (tertiary/aromatic N) is 4. The number of carbonyl (C=O) groups is 1. The van der Waals surface area contributed by atoms with Crippen LogP contribution in [0.1, 0.15) is 18.5 Å². The molecule has 0 spiro atoms. The first kappa shape index (κ1) is 16.8. The van der Waals surface area contributed by atoms with Crippen molar-refractivity contribution in [2.45, 2.75) is 25.0 Å². The number of aromatic nitrogens is 2. The van der Waals surface area contributed by atoms with Crippen LogP contribution in [0.5, 0.6) is 0 Å². The topological polar surface area (TPSA) is 78.8 Å². The number of carbonyl (C=O) groups excluding carboxylic acids is 1. The SMILES string of the molecule is COCCN1CCC[C@@](O)(CN(C)Cc2cnccn2)C1=O. The number of amides is 1. The monoisotopic (exact) mass is 308 g/mol. The molecular formula is C15H24N4O3. The largest absolute Gasteiger partial charge is 0.383 e. The van der Waals surface area contributed by atoms with Gasteiger partial charge in [-0.05, 0) is 19.9 Å². The highest BCUT2D eigenvalue weighted by atomic mass is 16.5. The molecule has 22 heavy (non-hydrogen) atoms. The van der Waals surface area contributed by atoms with Crippen molar-refractivity contribution >= 4 is 5.91 Å². The van der Waals surface area contributed by atoms with Gasteiger partial charge in [-0.15, -0.1) is 0 Å². The number of ether oxygens (including phenoxy) is 1. The molecule has 1 aliphatic heterocycles. The van der Waals surface area contributed by atoms with Gasteiger partial charge in [0.15, 0.2) is 5.60 Å². The fraction of sp³-hybridized carbons (Fsp3) is 0.667. The Morgan fingerprint density at radius 2 is 2.32 bits per heavy atom. The normalized spacial score (nSPS) is 22.4. The summed E-state index contributed by atoms with van der Waals surface area (Å²) in [6, 6.07) is 0. The van der Waals surface area contributed by atoms with E-state index >= 15 is 0 Å². The summed E-state index contributed by atoms with van der Waals surface area (Å²) < 4.78 is 5.02. The zero-order valence-corrected chi connectivity index (χ0v) is 13.2. The van der Waals surface area contributed by atoms with Crippen molar-refractivity contribution < 1.29 is 14.6 Å². The lowest BCUT2D eigenvalue weighted by Crippen LogP contribution is -2.58. The van der Waals surface area contributed by atoms with Crippen molar-refractivity contribution in [3.63, 3.8) is 0 Å². The van der Waals surface area contributed by atoms with E-state index in [1.807, 2.05) is 11.9 Å². The zero-order chi connectivity index (χ0) is 16.0. The molecule has 0 unspecified atom stereocenters. The molecule has 7 heteroatoms. The first-order chi connectivity index (χ1) is 10.5. The van der Waals surface area contributed by atoms with E-state index in [-0.39, 0.29) is 12.5 Å². The number of likely N-dealkylation sites (tertiary alicyclic amines) is 1. The van der Waals surface area contributed by atoms with Gasteiger partial charge in [0, 0.05) is 51.9 Å². The summed E-state index contributed by atoms with van der Waals surface area (Å²) in [5, 5.41) is 10.7. The van der Waals surface area contributed by atoms with Crippen LogP contribution in [-0.4, -0.2) is 76.8 Å². The highest BCUT2D eigenvalue weighted by Gasteiger charge is 2.42. The molecule has 7 nitrogen and oxygen atoms in total. The summed E-state index contributed by atoms with van der Waals surface area (Å²) in [6.45, 7) is 2.51. The van der Waals surface area contributed by atoms with Gasteiger partial charge in [0.25, 0.3) is 5.91 Å². The maximum absolute atomic E-state index is 12.5. The molecule has 1 atom stereocenters. The molecule has 1 N–H and O–H groups in total. The van der Waals surface area contributed by atoms with Gasteiger partial charge in [0.2, 0.25) is 0 Å². The summed E-state index contributed by atoms with van der Waals surface area (Å²) in [7, 11) is 3.48. The molecule has 1 aromatic rings. The lowest BCUT2D eigenvalue weighted by atomic mass is 9.91. The maximum atomic E-state index is 12.5. The van der Waals surface area contributed by atoms with E-state index < -0.39 is 5.60 Å². The molecule has 2 rings (SSSR count). The van der Waals surface area contributed by atoms with Crippen molar-refractivity contribution in [2.75, 3.05) is 40.4 Å². The van der Waals surface area contributed by atoms with Crippen LogP contribution in [0.15, 0.2) is 18.6 Å². The molecule has 1 amide bonds. The molecule has 1 aliphatic rings. The minimum Gasteiger partial charge on any atom is -0.383 e. The lowest BCUT2D eigenvalue weighted by Gasteiger charge is -2.40. The van der Waals surface area contributed by atoms with E-state index in [1.165, 1.54) is 0 Å². The summed E-state index contributed by atoms with van der Waals surface area (Å²) in [4.78, 5) is 24.3. The number of likely N-dealkylation sites (N-methyl/N-ethyl adjacent to an activating group) is 1. The molecule has 1 fully saturated rings. The van der Waals surface area contributed by atoms with E-state index in [2.05, 4.69) is 9.97 Å². The number of methoxy groups -OCH3 is 1. The van der Waals surface area contributed by atoms with E-state index in [9.17, 15) is 9.90 Å². The predicted octanol–water partition coefficient (Wildman–Crippen LogP) is -0.0917. The molecule has 0 aliphatic carbocycles. The number of hydrogen-bond acceptors (Lipinski definition) is 6. The first-order valence-corrected chi connectivity index (χ1v) is 7.49. The van der Waals surface area contributed by atoms with E-state index in [4.69, 9.17) is 4.74 Å². The Morgan fingerprint density at radius 3 is 3.00 bits per heavy atom. The smallest absolute Gasteiger partial charge is 0.255 e. The third-order valence-electron chi connectivity index (χ3n) is 3.85. The fourth-order valence-electron chi connectivity index (χ4n) is 2.82. The number of piperidine rings is 1.